The van der Waals surface area contributed by atoms with Gasteiger partial charge in [0.1, 0.15) is 0 Å². The molecule has 1 aromatic carbocycles. The van der Waals surface area contributed by atoms with Crippen LogP contribution in [0.1, 0.15) is 5.56 Å². The second-order valence-electron chi connectivity index (χ2n) is 3.61. The van der Waals surface area contributed by atoms with Crippen LogP contribution in [-0.2, 0) is 5.66 Å². The fourth-order valence-electron chi connectivity index (χ4n) is 1.55. The minimum absolute atomic E-state index is 0.0342. The minimum atomic E-state index is -1.17. The van der Waals surface area contributed by atoms with Crippen LogP contribution < -0.4 is 16.8 Å². The molecule has 0 radical (unpaired) electrons. The Hall–Kier alpha value is -2.41. The molecule has 0 amide bonds. The first kappa shape index (κ1) is 11.1. The fourth-order valence-corrected chi connectivity index (χ4v) is 1.55. The number of aliphatic imine (C=N–C) groups is 1. The van der Waals surface area contributed by atoms with E-state index in [9.17, 15) is 10.1 Å². The second kappa shape index (κ2) is 3.87. The molecular weight excluding hydrogens is 222 g/mol. The molecule has 0 aromatic heterocycles. The van der Waals surface area contributed by atoms with Crippen molar-refractivity contribution in [2.24, 2.45) is 16.5 Å². The lowest BCUT2D eigenvalue weighted by molar-refractivity contribution is -0.385. The Morgan fingerprint density at radius 2 is 2.24 bits per heavy atom. The van der Waals surface area contributed by atoms with Crippen LogP contribution in [0, 0.1) is 10.1 Å². The molecule has 5 N–H and O–H groups in total. The van der Waals surface area contributed by atoms with Crippen molar-refractivity contribution in [3.05, 3.63) is 52.2 Å². The molecule has 0 saturated heterocycles. The smallest absolute Gasteiger partial charge is 0.269 e. The van der Waals surface area contributed by atoms with Gasteiger partial charge < -0.3 is 11.1 Å². The van der Waals surface area contributed by atoms with E-state index in [1.54, 1.807) is 24.4 Å². The fraction of sp³-hybridized carbons (Fsp3) is 0.100. The summed E-state index contributed by atoms with van der Waals surface area (Å²) >= 11 is 0. The number of non-ortho nitro benzene ring substituents is 1. The number of nitro groups is 1. The molecule has 0 spiro atoms. The van der Waals surface area contributed by atoms with Crippen LogP contribution >= 0.6 is 0 Å². The first-order chi connectivity index (χ1) is 8.01. The van der Waals surface area contributed by atoms with Crippen LogP contribution in [0.3, 0.4) is 0 Å². The highest BCUT2D eigenvalue weighted by atomic mass is 16.6. The molecule has 1 aliphatic heterocycles. The summed E-state index contributed by atoms with van der Waals surface area (Å²) in [7, 11) is 0. The van der Waals surface area contributed by atoms with Gasteiger partial charge in [0, 0.05) is 23.9 Å². The van der Waals surface area contributed by atoms with E-state index in [2.05, 4.69) is 10.3 Å². The Balaban J connectivity index is 2.46. The molecule has 1 unspecified atom stereocenters. The van der Waals surface area contributed by atoms with E-state index >= 15 is 0 Å². The zero-order chi connectivity index (χ0) is 12.5. The highest BCUT2D eigenvalue weighted by molar-refractivity contribution is 5.80. The molecule has 2 rings (SSSR count). The van der Waals surface area contributed by atoms with Gasteiger partial charge in [-0.25, -0.2) is 4.99 Å². The average Bonchev–Trinajstić information content (AvgIpc) is 2.29. The molecule has 88 valence electrons. The Morgan fingerprint density at radius 3 is 2.88 bits per heavy atom. The lowest BCUT2D eigenvalue weighted by atomic mass is 10.00. The van der Waals surface area contributed by atoms with E-state index in [1.165, 1.54) is 12.1 Å². The molecule has 1 aromatic rings. The summed E-state index contributed by atoms with van der Waals surface area (Å²) in [6.07, 6.45) is 3.14. The van der Waals surface area contributed by atoms with Gasteiger partial charge in [-0.05, 0) is 6.08 Å². The van der Waals surface area contributed by atoms with Crippen LogP contribution in [0.5, 0.6) is 0 Å². The lowest BCUT2D eigenvalue weighted by Crippen LogP contribution is -2.42. The molecule has 7 nitrogen and oxygen atoms in total. The number of guanidine groups is 1. The number of hydrogen-bond donors (Lipinski definition) is 3. The quantitative estimate of drug-likeness (QED) is 0.495. The zero-order valence-electron chi connectivity index (χ0n) is 8.83. The first-order valence-corrected chi connectivity index (χ1v) is 4.85. The summed E-state index contributed by atoms with van der Waals surface area (Å²) < 4.78 is 0. The lowest BCUT2D eigenvalue weighted by Gasteiger charge is -2.25. The third kappa shape index (κ3) is 2.08. The Morgan fingerprint density at radius 1 is 1.47 bits per heavy atom. The molecule has 0 fully saturated rings. The zero-order valence-corrected chi connectivity index (χ0v) is 8.83. The summed E-state index contributed by atoms with van der Waals surface area (Å²) in [5, 5.41) is 13.4. The first-order valence-electron chi connectivity index (χ1n) is 4.85. The van der Waals surface area contributed by atoms with E-state index in [4.69, 9.17) is 11.5 Å². The highest BCUT2D eigenvalue weighted by Gasteiger charge is 2.27. The molecule has 1 atom stereocenters. The topological polar surface area (TPSA) is 120 Å². The summed E-state index contributed by atoms with van der Waals surface area (Å²) in [5.74, 6) is 0.168. The van der Waals surface area contributed by atoms with Crippen molar-refractivity contribution in [3.8, 4) is 0 Å². The standard InChI is InChI=1S/C10H11N5O2/c11-9-13-5-4-10(12,14-9)7-2-1-3-8(6-7)15(16)17/h1-6H,12H2,(H3,11,13,14). The molecule has 0 saturated carbocycles. The van der Waals surface area contributed by atoms with Gasteiger partial charge in [0.25, 0.3) is 5.69 Å². The number of hydrogen-bond acceptors (Lipinski definition) is 6. The summed E-state index contributed by atoms with van der Waals surface area (Å²) in [6, 6.07) is 6.00. The van der Waals surface area contributed by atoms with Crippen molar-refractivity contribution >= 4 is 11.6 Å². The summed E-state index contributed by atoms with van der Waals surface area (Å²) in [6.45, 7) is 0. The molecule has 1 heterocycles. The third-order valence-electron chi connectivity index (χ3n) is 2.39. The van der Waals surface area contributed by atoms with Crippen molar-refractivity contribution in [2.75, 3.05) is 0 Å². The largest absolute Gasteiger partial charge is 0.370 e. The van der Waals surface area contributed by atoms with E-state index in [-0.39, 0.29) is 11.6 Å². The van der Waals surface area contributed by atoms with Crippen molar-refractivity contribution in [1.82, 2.24) is 5.32 Å². The van der Waals surface area contributed by atoms with Crippen molar-refractivity contribution in [3.63, 3.8) is 0 Å². The molecule has 17 heavy (non-hydrogen) atoms. The van der Waals surface area contributed by atoms with E-state index < -0.39 is 10.6 Å². The van der Waals surface area contributed by atoms with Gasteiger partial charge in [0.05, 0.1) is 4.92 Å². The van der Waals surface area contributed by atoms with Gasteiger partial charge in [-0.15, -0.1) is 0 Å². The van der Waals surface area contributed by atoms with Crippen LogP contribution in [0.15, 0.2) is 41.5 Å². The van der Waals surface area contributed by atoms with Crippen molar-refractivity contribution < 1.29 is 4.92 Å². The number of nitrogens with one attached hydrogen (secondary N) is 1. The van der Waals surface area contributed by atoms with E-state index in [0.717, 1.165) is 0 Å². The minimum Gasteiger partial charge on any atom is -0.370 e. The SMILES string of the molecule is NC1=NC(N)(c2cccc([N+](=O)[O-])c2)C=CN1. The Labute approximate surface area is 97.0 Å². The van der Waals surface area contributed by atoms with Gasteiger partial charge >= 0.3 is 0 Å². The molecule has 1 aliphatic rings. The number of nitrogens with zero attached hydrogens (tertiary/aromatic N) is 2. The van der Waals surface area contributed by atoms with Crippen LogP contribution in [0.2, 0.25) is 0 Å². The van der Waals surface area contributed by atoms with Gasteiger partial charge in [-0.2, -0.15) is 0 Å². The van der Waals surface area contributed by atoms with Gasteiger partial charge in [-0.1, -0.05) is 12.1 Å². The number of rotatable bonds is 2. The van der Waals surface area contributed by atoms with E-state index in [1.807, 2.05) is 0 Å². The third-order valence-corrected chi connectivity index (χ3v) is 2.39. The predicted molar refractivity (Wildman–Crippen MR) is 62.9 cm³/mol. The highest BCUT2D eigenvalue weighted by Crippen LogP contribution is 2.26. The van der Waals surface area contributed by atoms with Gasteiger partial charge in [0.15, 0.2) is 11.6 Å². The van der Waals surface area contributed by atoms with Crippen molar-refractivity contribution in [2.45, 2.75) is 5.66 Å². The number of nitro benzene ring substituents is 1. The Bertz CT molecular complexity index is 525. The van der Waals surface area contributed by atoms with Gasteiger partial charge in [-0.3, -0.25) is 15.8 Å². The maximum Gasteiger partial charge on any atom is 0.269 e. The van der Waals surface area contributed by atoms with Crippen molar-refractivity contribution in [1.29, 1.82) is 0 Å². The summed E-state index contributed by atoms with van der Waals surface area (Å²) in [4.78, 5) is 14.2. The maximum absolute atomic E-state index is 10.7. The normalized spacial score (nSPS) is 22.8. The molecular formula is C10H11N5O2. The molecule has 7 heteroatoms. The van der Waals surface area contributed by atoms with Crippen LogP contribution in [0.4, 0.5) is 5.69 Å². The predicted octanol–water partition coefficient (Wildman–Crippen LogP) is 0.138. The van der Waals surface area contributed by atoms with Crippen LogP contribution in [0.25, 0.3) is 0 Å². The Kier molecular flexibility index (Phi) is 2.52. The molecule has 0 bridgehead atoms. The molecule has 0 aliphatic carbocycles. The van der Waals surface area contributed by atoms with E-state index in [0.29, 0.717) is 5.56 Å². The summed E-state index contributed by atoms with van der Waals surface area (Å²) in [5.41, 5.74) is 10.8. The van der Waals surface area contributed by atoms with Gasteiger partial charge in [0.2, 0.25) is 0 Å². The maximum atomic E-state index is 10.7. The number of nitrogens with two attached hydrogens (primary N) is 2. The monoisotopic (exact) mass is 233 g/mol. The average molecular weight is 233 g/mol. The van der Waals surface area contributed by atoms with Crippen LogP contribution in [-0.4, -0.2) is 10.9 Å². The second-order valence-corrected chi connectivity index (χ2v) is 3.61. The number of benzene rings is 1.